The number of carbonyl (C=O) groups is 2. The molecule has 0 saturated heterocycles. The Hall–Kier alpha value is -1.02. The van der Waals surface area contributed by atoms with Crippen molar-refractivity contribution in [3.8, 4) is 0 Å². The van der Waals surface area contributed by atoms with Gasteiger partial charge in [0.2, 0.25) is 11.6 Å². The van der Waals surface area contributed by atoms with Crippen LogP contribution in [0.2, 0.25) is 0 Å². The molecule has 0 spiro atoms. The summed E-state index contributed by atoms with van der Waals surface area (Å²) in [6.45, 7) is 2.00. The monoisotopic (exact) mass is 427 g/mol. The van der Waals surface area contributed by atoms with E-state index < -0.39 is 5.97 Å². The van der Waals surface area contributed by atoms with E-state index >= 15 is 0 Å². The van der Waals surface area contributed by atoms with Crippen LogP contribution in [-0.4, -0.2) is 32.4 Å². The van der Waals surface area contributed by atoms with Gasteiger partial charge in [-0.15, -0.1) is 5.10 Å². The zero-order valence-corrected chi connectivity index (χ0v) is 16.6. The Morgan fingerprint density at radius 3 is 2.68 bits per heavy atom. The highest BCUT2D eigenvalue weighted by molar-refractivity contribution is 9.10. The topological polar surface area (TPSA) is 81.2 Å². The predicted molar refractivity (Wildman–Crippen MR) is 97.9 cm³/mol. The average molecular weight is 428 g/mol. The van der Waals surface area contributed by atoms with Crippen molar-refractivity contribution in [3.05, 3.63) is 5.69 Å². The van der Waals surface area contributed by atoms with Gasteiger partial charge in [-0.25, -0.2) is 4.79 Å². The third-order valence-electron chi connectivity index (χ3n) is 5.86. The minimum absolute atomic E-state index is 0.0466. The Balaban J connectivity index is 1.45. The standard InChI is InChI=1S/C17H22BrN3O3S/c1-2-24-15(23)13-14(25-21-20-13)19-12(22)8-16-4-10-3-11(5-16)7-17(18,6-10)9-16/h10-11H,2-9H2,1H3,(H,19,22). The normalized spacial score (nSPS) is 35.6. The molecule has 4 aliphatic rings. The first-order valence-corrected chi connectivity index (χ1v) is 10.5. The number of carbonyl (C=O) groups excluding carboxylic acids is 2. The molecule has 2 unspecified atom stereocenters. The van der Waals surface area contributed by atoms with Crippen molar-refractivity contribution < 1.29 is 14.3 Å². The number of esters is 1. The number of aromatic nitrogens is 2. The lowest BCUT2D eigenvalue weighted by Gasteiger charge is -2.60. The minimum atomic E-state index is -0.541. The van der Waals surface area contributed by atoms with E-state index in [1.54, 1.807) is 6.92 Å². The van der Waals surface area contributed by atoms with Gasteiger partial charge in [0, 0.05) is 22.3 Å². The number of hydrogen-bond acceptors (Lipinski definition) is 6. The summed E-state index contributed by atoms with van der Waals surface area (Å²) in [6, 6.07) is 0. The van der Waals surface area contributed by atoms with Gasteiger partial charge in [0.15, 0.2) is 5.00 Å². The average Bonchev–Trinajstić information content (AvgIpc) is 2.92. The van der Waals surface area contributed by atoms with Gasteiger partial charge < -0.3 is 10.1 Å². The van der Waals surface area contributed by atoms with Gasteiger partial charge >= 0.3 is 5.97 Å². The maximum absolute atomic E-state index is 12.7. The number of alkyl halides is 1. The van der Waals surface area contributed by atoms with Crippen LogP contribution in [-0.2, 0) is 9.53 Å². The lowest BCUT2D eigenvalue weighted by Crippen LogP contribution is -2.53. The Labute approximate surface area is 159 Å². The summed E-state index contributed by atoms with van der Waals surface area (Å²) in [5.74, 6) is 0.901. The van der Waals surface area contributed by atoms with Gasteiger partial charge in [-0.05, 0) is 62.7 Å². The zero-order valence-electron chi connectivity index (χ0n) is 14.2. The SMILES string of the molecule is CCOC(=O)c1nnsc1NC(=O)CC12CC3CC(CC(Br)(C3)C1)C2. The highest BCUT2D eigenvalue weighted by Gasteiger charge is 2.57. The number of ether oxygens (including phenoxy) is 1. The molecule has 1 N–H and O–H groups in total. The highest BCUT2D eigenvalue weighted by Crippen LogP contribution is 2.65. The van der Waals surface area contributed by atoms with Crippen LogP contribution in [0, 0.1) is 17.3 Å². The van der Waals surface area contributed by atoms with Crippen molar-refractivity contribution in [1.29, 1.82) is 0 Å². The van der Waals surface area contributed by atoms with E-state index in [9.17, 15) is 9.59 Å². The van der Waals surface area contributed by atoms with Gasteiger partial charge in [-0.1, -0.05) is 20.4 Å². The van der Waals surface area contributed by atoms with Crippen LogP contribution in [0.3, 0.4) is 0 Å². The third kappa shape index (κ3) is 3.35. The Bertz CT molecular complexity index is 693. The minimum Gasteiger partial charge on any atom is -0.461 e. The van der Waals surface area contributed by atoms with Crippen molar-refractivity contribution in [1.82, 2.24) is 9.59 Å². The molecule has 4 saturated carbocycles. The number of hydrogen-bond donors (Lipinski definition) is 1. The van der Waals surface area contributed by atoms with E-state index in [1.165, 1.54) is 19.3 Å². The molecule has 1 aromatic rings. The number of anilines is 1. The summed E-state index contributed by atoms with van der Waals surface area (Å²) < 4.78 is 8.98. The first kappa shape index (κ1) is 17.4. The number of nitrogens with zero attached hydrogens (tertiary/aromatic N) is 2. The molecule has 0 aliphatic heterocycles. The zero-order chi connectivity index (χ0) is 17.7. The van der Waals surface area contributed by atoms with E-state index in [1.807, 2.05) is 0 Å². The lowest BCUT2D eigenvalue weighted by atomic mass is 9.48. The van der Waals surface area contributed by atoms with Crippen LogP contribution in [0.1, 0.15) is 62.4 Å². The predicted octanol–water partition coefficient (Wildman–Crippen LogP) is 3.78. The van der Waals surface area contributed by atoms with Gasteiger partial charge in [-0.3, -0.25) is 4.79 Å². The molecule has 25 heavy (non-hydrogen) atoms. The fourth-order valence-electron chi connectivity index (χ4n) is 5.66. The Kier molecular flexibility index (Phi) is 4.38. The fraction of sp³-hybridized carbons (Fsp3) is 0.765. The summed E-state index contributed by atoms with van der Waals surface area (Å²) in [5.41, 5.74) is 0.197. The largest absolute Gasteiger partial charge is 0.461 e. The third-order valence-corrected chi connectivity index (χ3v) is 7.43. The van der Waals surface area contributed by atoms with Crippen LogP contribution in [0.5, 0.6) is 0 Å². The van der Waals surface area contributed by atoms with E-state index in [0.29, 0.717) is 11.4 Å². The summed E-state index contributed by atoms with van der Waals surface area (Å²) in [4.78, 5) is 24.6. The van der Waals surface area contributed by atoms with Crippen molar-refractivity contribution >= 4 is 44.3 Å². The molecule has 8 heteroatoms. The van der Waals surface area contributed by atoms with Crippen molar-refractivity contribution in [3.63, 3.8) is 0 Å². The molecule has 1 amide bonds. The smallest absolute Gasteiger partial charge is 0.362 e. The molecule has 1 aromatic heterocycles. The Morgan fingerprint density at radius 1 is 1.32 bits per heavy atom. The van der Waals surface area contributed by atoms with Crippen molar-refractivity contribution in [2.75, 3.05) is 11.9 Å². The molecule has 4 fully saturated rings. The van der Waals surface area contributed by atoms with Crippen LogP contribution < -0.4 is 5.32 Å². The van der Waals surface area contributed by atoms with Crippen LogP contribution >= 0.6 is 27.5 Å². The quantitative estimate of drug-likeness (QED) is 0.570. The second-order valence-corrected chi connectivity index (χ2v) is 10.4. The number of amides is 1. The number of rotatable bonds is 5. The molecule has 4 bridgehead atoms. The summed E-state index contributed by atoms with van der Waals surface area (Å²) in [7, 11) is 0. The van der Waals surface area contributed by atoms with Crippen LogP contribution in [0.25, 0.3) is 0 Å². The fourth-order valence-corrected chi connectivity index (χ4v) is 7.74. The Morgan fingerprint density at radius 2 is 2.04 bits per heavy atom. The summed E-state index contributed by atoms with van der Waals surface area (Å²) >= 11 is 5.00. The van der Waals surface area contributed by atoms with Gasteiger partial charge in [-0.2, -0.15) is 0 Å². The van der Waals surface area contributed by atoms with E-state index in [0.717, 1.165) is 42.6 Å². The highest BCUT2D eigenvalue weighted by atomic mass is 79.9. The maximum Gasteiger partial charge on any atom is 0.362 e. The van der Waals surface area contributed by atoms with Crippen molar-refractivity contribution in [2.24, 2.45) is 17.3 Å². The van der Waals surface area contributed by atoms with E-state index in [4.69, 9.17) is 4.74 Å². The lowest BCUT2D eigenvalue weighted by molar-refractivity contribution is -0.123. The first-order valence-electron chi connectivity index (χ1n) is 8.89. The van der Waals surface area contributed by atoms with E-state index in [2.05, 4.69) is 30.8 Å². The number of nitrogens with one attached hydrogen (secondary N) is 1. The van der Waals surface area contributed by atoms with Gasteiger partial charge in [0.05, 0.1) is 6.61 Å². The molecule has 6 nitrogen and oxygen atoms in total. The van der Waals surface area contributed by atoms with Crippen molar-refractivity contribution in [2.45, 2.75) is 56.2 Å². The van der Waals surface area contributed by atoms with Crippen LogP contribution in [0.4, 0.5) is 5.00 Å². The molecule has 0 radical (unpaired) electrons. The second-order valence-electron chi connectivity index (χ2n) is 8.01. The molecule has 1 heterocycles. The summed E-state index contributed by atoms with van der Waals surface area (Å²) in [6.07, 6.45) is 7.70. The second kappa shape index (κ2) is 6.30. The maximum atomic E-state index is 12.7. The molecule has 136 valence electrons. The molecule has 0 aromatic carbocycles. The molecule has 4 aliphatic carbocycles. The first-order chi connectivity index (χ1) is 11.9. The van der Waals surface area contributed by atoms with Crippen LogP contribution in [0.15, 0.2) is 0 Å². The molecule has 2 atom stereocenters. The van der Waals surface area contributed by atoms with E-state index in [-0.39, 0.29) is 27.9 Å². The van der Waals surface area contributed by atoms with Gasteiger partial charge in [0.1, 0.15) is 0 Å². The molecule has 5 rings (SSSR count). The molecular formula is C17H22BrN3O3S. The molecular weight excluding hydrogens is 406 g/mol. The number of halogens is 1. The summed E-state index contributed by atoms with van der Waals surface area (Å²) in [5, 5.41) is 7.04. The van der Waals surface area contributed by atoms with Gasteiger partial charge in [0.25, 0.3) is 0 Å².